The summed E-state index contributed by atoms with van der Waals surface area (Å²) in [5, 5.41) is 3.45. The van der Waals surface area contributed by atoms with Crippen molar-refractivity contribution in [2.75, 3.05) is 5.32 Å². The Hall–Kier alpha value is -2.00. The third kappa shape index (κ3) is 1.34. The van der Waals surface area contributed by atoms with Gasteiger partial charge >= 0.3 is 0 Å². The van der Waals surface area contributed by atoms with Crippen LogP contribution in [0.1, 0.15) is 18.4 Å². The summed E-state index contributed by atoms with van der Waals surface area (Å²) in [6.07, 6.45) is 2.10. The van der Waals surface area contributed by atoms with Gasteiger partial charge in [0.05, 0.1) is 11.4 Å². The van der Waals surface area contributed by atoms with Gasteiger partial charge in [-0.2, -0.15) is 0 Å². The van der Waals surface area contributed by atoms with Gasteiger partial charge in [0.25, 0.3) is 0 Å². The smallest absolute Gasteiger partial charge is 0.151 e. The predicted octanol–water partition coefficient (Wildman–Crippen LogP) is 3.48. The first kappa shape index (κ1) is 9.97. The van der Waals surface area contributed by atoms with E-state index >= 15 is 0 Å². The third-order valence-electron chi connectivity index (χ3n) is 3.72. The lowest BCUT2D eigenvalue weighted by Gasteiger charge is -2.25. The molecule has 2 aliphatic rings. The van der Waals surface area contributed by atoms with Gasteiger partial charge in [0.15, 0.2) is 11.5 Å². The number of nitrogens with two attached hydrogens (primary N) is 1. The molecule has 4 rings (SSSR count). The maximum absolute atomic E-state index is 6.32. The molecule has 1 aliphatic carbocycles. The summed E-state index contributed by atoms with van der Waals surface area (Å²) in [5.41, 5.74) is 9.35. The lowest BCUT2D eigenvalue weighted by atomic mass is 10.0. The van der Waals surface area contributed by atoms with Crippen LogP contribution in [0.2, 0.25) is 0 Å². The van der Waals surface area contributed by atoms with Crippen molar-refractivity contribution in [2.45, 2.75) is 18.4 Å². The highest BCUT2D eigenvalue weighted by Gasteiger charge is 2.42. The summed E-state index contributed by atoms with van der Waals surface area (Å²) in [5.74, 6) is 1.73. The van der Waals surface area contributed by atoms with Crippen molar-refractivity contribution in [3.05, 3.63) is 48.0 Å². The van der Waals surface area contributed by atoms with Crippen molar-refractivity contribution in [2.24, 2.45) is 5.73 Å². The highest BCUT2D eigenvalue weighted by Crippen LogP contribution is 2.51. The summed E-state index contributed by atoms with van der Waals surface area (Å²) in [4.78, 5) is 0. The number of benzene rings is 2. The van der Waals surface area contributed by atoms with Crippen molar-refractivity contribution in [3.8, 4) is 11.5 Å². The number of para-hydroxylation sites is 3. The zero-order chi connectivity index (χ0) is 12.2. The Kier molecular flexibility index (Phi) is 1.81. The first-order valence-corrected chi connectivity index (χ1v) is 6.23. The lowest BCUT2D eigenvalue weighted by Crippen LogP contribution is -2.21. The fourth-order valence-electron chi connectivity index (χ4n) is 2.48. The highest BCUT2D eigenvalue weighted by atomic mass is 16.5. The zero-order valence-corrected chi connectivity index (χ0v) is 9.94. The van der Waals surface area contributed by atoms with Crippen molar-refractivity contribution >= 4 is 11.4 Å². The molecule has 1 heterocycles. The Labute approximate surface area is 106 Å². The van der Waals surface area contributed by atoms with E-state index in [-0.39, 0.29) is 5.54 Å². The topological polar surface area (TPSA) is 47.3 Å². The average molecular weight is 238 g/mol. The van der Waals surface area contributed by atoms with E-state index in [2.05, 4.69) is 11.4 Å². The zero-order valence-electron chi connectivity index (χ0n) is 9.94. The molecule has 0 amide bonds. The van der Waals surface area contributed by atoms with E-state index in [1.54, 1.807) is 0 Å². The van der Waals surface area contributed by atoms with Gasteiger partial charge in [-0.05, 0) is 36.6 Å². The predicted molar refractivity (Wildman–Crippen MR) is 71.3 cm³/mol. The Bertz CT molecular complexity index is 632. The molecule has 1 aliphatic heterocycles. The fourth-order valence-corrected chi connectivity index (χ4v) is 2.48. The summed E-state index contributed by atoms with van der Waals surface area (Å²) in [7, 11) is 0. The third-order valence-corrected chi connectivity index (χ3v) is 3.72. The molecular weight excluding hydrogens is 224 g/mol. The van der Waals surface area contributed by atoms with Gasteiger partial charge in [-0.15, -0.1) is 0 Å². The second-order valence-corrected chi connectivity index (χ2v) is 5.06. The number of fused-ring (bicyclic) bond motifs is 2. The number of hydrogen-bond donors (Lipinski definition) is 2. The molecule has 0 atom stereocenters. The van der Waals surface area contributed by atoms with Crippen molar-refractivity contribution < 1.29 is 4.74 Å². The minimum atomic E-state index is -0.159. The van der Waals surface area contributed by atoms with Crippen molar-refractivity contribution in [3.63, 3.8) is 0 Å². The van der Waals surface area contributed by atoms with Crippen LogP contribution >= 0.6 is 0 Å². The largest absolute Gasteiger partial charge is 0.453 e. The second kappa shape index (κ2) is 3.27. The molecule has 0 bridgehead atoms. The van der Waals surface area contributed by atoms with Crippen LogP contribution in [0.15, 0.2) is 42.5 Å². The van der Waals surface area contributed by atoms with Crippen LogP contribution in [0.5, 0.6) is 11.5 Å². The minimum absolute atomic E-state index is 0.159. The summed E-state index contributed by atoms with van der Waals surface area (Å²) < 4.78 is 5.92. The van der Waals surface area contributed by atoms with E-state index in [1.807, 2.05) is 36.4 Å². The number of ether oxygens (including phenoxy) is 1. The Morgan fingerprint density at radius 2 is 1.78 bits per heavy atom. The Morgan fingerprint density at radius 3 is 2.61 bits per heavy atom. The van der Waals surface area contributed by atoms with E-state index in [0.29, 0.717) is 0 Å². The van der Waals surface area contributed by atoms with E-state index < -0.39 is 0 Å². The fraction of sp³-hybridized carbons (Fsp3) is 0.200. The van der Waals surface area contributed by atoms with E-state index in [1.165, 1.54) is 0 Å². The van der Waals surface area contributed by atoms with E-state index in [0.717, 1.165) is 41.3 Å². The standard InChI is InChI=1S/C15H14N2O/c16-15(8-9-15)10-4-3-7-13-14(10)17-11-5-1-2-6-12(11)18-13/h1-7,17H,8-9,16H2. The lowest BCUT2D eigenvalue weighted by molar-refractivity contribution is 0.479. The average Bonchev–Trinajstić information content (AvgIpc) is 3.15. The summed E-state index contributed by atoms with van der Waals surface area (Å²) >= 11 is 0. The number of anilines is 2. The van der Waals surface area contributed by atoms with E-state index in [4.69, 9.17) is 10.5 Å². The summed E-state index contributed by atoms with van der Waals surface area (Å²) in [6, 6.07) is 14.0. The first-order chi connectivity index (χ1) is 8.76. The van der Waals surface area contributed by atoms with Gasteiger partial charge in [-0.25, -0.2) is 0 Å². The molecule has 0 radical (unpaired) electrons. The molecule has 0 unspecified atom stereocenters. The minimum Gasteiger partial charge on any atom is -0.453 e. The van der Waals surface area contributed by atoms with E-state index in [9.17, 15) is 0 Å². The molecule has 2 aromatic carbocycles. The quantitative estimate of drug-likeness (QED) is 0.682. The van der Waals surface area contributed by atoms with Crippen molar-refractivity contribution in [1.82, 2.24) is 0 Å². The van der Waals surface area contributed by atoms with Gasteiger partial charge in [0, 0.05) is 5.54 Å². The maximum Gasteiger partial charge on any atom is 0.151 e. The first-order valence-electron chi connectivity index (χ1n) is 6.23. The maximum atomic E-state index is 6.32. The molecule has 0 saturated heterocycles. The monoisotopic (exact) mass is 238 g/mol. The van der Waals surface area contributed by atoms with Crippen LogP contribution in [0, 0.1) is 0 Å². The molecule has 90 valence electrons. The molecule has 1 fully saturated rings. The molecule has 1 saturated carbocycles. The van der Waals surface area contributed by atoms with Crippen LogP contribution in [0.4, 0.5) is 11.4 Å². The molecule has 3 heteroatoms. The number of hydrogen-bond acceptors (Lipinski definition) is 3. The van der Waals surface area contributed by atoms with Crippen LogP contribution in [0.3, 0.4) is 0 Å². The molecular formula is C15H14N2O. The number of rotatable bonds is 1. The molecule has 0 aromatic heterocycles. The molecule has 18 heavy (non-hydrogen) atoms. The Morgan fingerprint density at radius 1 is 1.00 bits per heavy atom. The highest BCUT2D eigenvalue weighted by molar-refractivity contribution is 5.78. The van der Waals surface area contributed by atoms with Gasteiger partial charge in [0.2, 0.25) is 0 Å². The van der Waals surface area contributed by atoms with Gasteiger partial charge < -0.3 is 15.8 Å². The van der Waals surface area contributed by atoms with Gasteiger partial charge in [-0.1, -0.05) is 24.3 Å². The normalized spacial score (nSPS) is 18.1. The SMILES string of the molecule is NC1(c2cccc3c2Nc2ccccc2O3)CC1. The van der Waals surface area contributed by atoms with Gasteiger partial charge in [0.1, 0.15) is 0 Å². The Balaban J connectivity index is 1.86. The second-order valence-electron chi connectivity index (χ2n) is 5.06. The van der Waals surface area contributed by atoms with Crippen LogP contribution < -0.4 is 15.8 Å². The summed E-state index contributed by atoms with van der Waals surface area (Å²) in [6.45, 7) is 0. The molecule has 3 nitrogen and oxygen atoms in total. The molecule has 2 aromatic rings. The van der Waals surface area contributed by atoms with Crippen LogP contribution in [-0.4, -0.2) is 0 Å². The van der Waals surface area contributed by atoms with Crippen LogP contribution in [0.25, 0.3) is 0 Å². The van der Waals surface area contributed by atoms with Gasteiger partial charge in [-0.3, -0.25) is 0 Å². The van der Waals surface area contributed by atoms with Crippen molar-refractivity contribution in [1.29, 1.82) is 0 Å². The molecule has 0 spiro atoms. The van der Waals surface area contributed by atoms with Crippen LogP contribution in [-0.2, 0) is 5.54 Å². The number of nitrogens with one attached hydrogen (secondary N) is 1. The molecule has 3 N–H and O–H groups in total.